The number of hydrogen-bond acceptors (Lipinski definition) is 3. The van der Waals surface area contributed by atoms with Crippen molar-refractivity contribution in [2.75, 3.05) is 39.3 Å². The van der Waals surface area contributed by atoms with Gasteiger partial charge in [-0.2, -0.15) is 0 Å². The van der Waals surface area contributed by atoms with Crippen LogP contribution in [0.25, 0.3) is 0 Å². The molecule has 0 amide bonds. The van der Waals surface area contributed by atoms with Crippen molar-refractivity contribution in [1.82, 2.24) is 15.1 Å². The largest absolute Gasteiger partial charge is 0.374 e. The molecule has 0 aromatic heterocycles. The van der Waals surface area contributed by atoms with Crippen LogP contribution in [0.15, 0.2) is 11.8 Å². The van der Waals surface area contributed by atoms with Crippen LogP contribution in [0.3, 0.4) is 0 Å². The Morgan fingerprint density at radius 3 is 2.32 bits per heavy atom. The molecule has 2 saturated carbocycles. The van der Waals surface area contributed by atoms with E-state index in [1.165, 1.54) is 84.2 Å². The van der Waals surface area contributed by atoms with E-state index in [0.29, 0.717) is 0 Å². The number of fused-ring (bicyclic) bond motifs is 3. The highest BCUT2D eigenvalue weighted by molar-refractivity contribution is 5.13. The Kier molecular flexibility index (Phi) is 3.71. The summed E-state index contributed by atoms with van der Waals surface area (Å²) in [5.74, 6) is 6.00. The average molecular weight is 342 g/mol. The highest BCUT2D eigenvalue weighted by atomic mass is 15.2. The van der Waals surface area contributed by atoms with Gasteiger partial charge in [0.25, 0.3) is 0 Å². The van der Waals surface area contributed by atoms with Crippen molar-refractivity contribution in [2.45, 2.75) is 51.0 Å². The van der Waals surface area contributed by atoms with Crippen LogP contribution in [0, 0.1) is 35.5 Å². The Hall–Kier alpha value is -0.540. The monoisotopic (exact) mass is 341 g/mol. The molecular weight excluding hydrogens is 306 g/mol. The van der Waals surface area contributed by atoms with E-state index in [1.807, 2.05) is 0 Å². The molecular formula is C22H35N3. The Morgan fingerprint density at radius 2 is 1.48 bits per heavy atom. The van der Waals surface area contributed by atoms with Crippen LogP contribution in [-0.2, 0) is 0 Å². The third kappa shape index (κ3) is 2.60. The molecule has 3 nitrogen and oxygen atoms in total. The van der Waals surface area contributed by atoms with Crippen molar-refractivity contribution in [3.63, 3.8) is 0 Å². The van der Waals surface area contributed by atoms with E-state index in [1.54, 1.807) is 5.70 Å². The van der Waals surface area contributed by atoms with Gasteiger partial charge in [-0.15, -0.1) is 0 Å². The summed E-state index contributed by atoms with van der Waals surface area (Å²) >= 11 is 0. The smallest absolute Gasteiger partial charge is 0.0207 e. The summed E-state index contributed by atoms with van der Waals surface area (Å²) in [6.45, 7) is 8.16. The first-order chi connectivity index (χ1) is 12.3. The fraction of sp³-hybridized carbons (Fsp3) is 0.909. The van der Waals surface area contributed by atoms with Crippen LogP contribution >= 0.6 is 0 Å². The van der Waals surface area contributed by atoms with E-state index in [-0.39, 0.29) is 0 Å². The number of rotatable bonds is 2. The zero-order valence-corrected chi connectivity index (χ0v) is 15.7. The lowest BCUT2D eigenvalue weighted by Gasteiger charge is -2.36. The standard InChI is InChI=1S/C22H35N3/c1-2-17-12-24(11-16(1)17)22-6-4-18-13-25(14-20(18)8-22)21-5-3-15-9-23-10-19(15)7-21/h5,15-20,22-23H,1-4,6-14H2. The molecule has 1 N–H and O–H groups in total. The normalized spacial score (nSPS) is 49.4. The molecule has 3 saturated heterocycles. The lowest BCUT2D eigenvalue weighted by atomic mass is 9.77. The van der Waals surface area contributed by atoms with Crippen molar-refractivity contribution in [3.05, 3.63) is 11.8 Å². The van der Waals surface area contributed by atoms with Crippen LogP contribution in [0.2, 0.25) is 0 Å². The van der Waals surface area contributed by atoms with Crippen LogP contribution in [0.1, 0.15) is 44.9 Å². The zero-order valence-electron chi connectivity index (χ0n) is 15.7. The van der Waals surface area contributed by atoms with Gasteiger partial charge < -0.3 is 10.2 Å². The van der Waals surface area contributed by atoms with E-state index in [0.717, 1.165) is 41.5 Å². The van der Waals surface area contributed by atoms with E-state index in [9.17, 15) is 0 Å². The Bertz CT molecular complexity index is 545. The molecule has 0 spiro atoms. The van der Waals surface area contributed by atoms with E-state index < -0.39 is 0 Å². The number of allylic oxidation sites excluding steroid dienone is 2. The second-order valence-corrected chi connectivity index (χ2v) is 10.3. The molecule has 3 aliphatic carbocycles. The SMILES string of the molecule is C1=C(N2CC3CCC(N4CC5CCC5C4)CC3C2)CC2CNCC2C1. The van der Waals surface area contributed by atoms with Crippen LogP contribution in [0.5, 0.6) is 0 Å². The van der Waals surface area contributed by atoms with Gasteiger partial charge in [0.15, 0.2) is 0 Å². The maximum absolute atomic E-state index is 3.62. The van der Waals surface area contributed by atoms with Gasteiger partial charge in [-0.3, -0.25) is 4.90 Å². The van der Waals surface area contributed by atoms with Crippen LogP contribution in [-0.4, -0.2) is 55.1 Å². The van der Waals surface area contributed by atoms with Gasteiger partial charge in [0.1, 0.15) is 0 Å². The minimum Gasteiger partial charge on any atom is -0.374 e. The van der Waals surface area contributed by atoms with E-state index >= 15 is 0 Å². The molecule has 0 radical (unpaired) electrons. The van der Waals surface area contributed by atoms with Gasteiger partial charge in [0.05, 0.1) is 0 Å². The summed E-state index contributed by atoms with van der Waals surface area (Å²) in [5.41, 5.74) is 1.72. The first-order valence-electron chi connectivity index (χ1n) is 11.2. The lowest BCUT2D eigenvalue weighted by Crippen LogP contribution is -2.39. The van der Waals surface area contributed by atoms with Crippen molar-refractivity contribution >= 4 is 0 Å². The summed E-state index contributed by atoms with van der Waals surface area (Å²) in [4.78, 5) is 5.73. The van der Waals surface area contributed by atoms with Gasteiger partial charge in [-0.25, -0.2) is 0 Å². The molecule has 5 fully saturated rings. The molecule has 0 bridgehead atoms. The van der Waals surface area contributed by atoms with Crippen molar-refractivity contribution in [1.29, 1.82) is 0 Å². The molecule has 0 aromatic carbocycles. The van der Waals surface area contributed by atoms with Gasteiger partial charge in [-0.05, 0) is 93.5 Å². The minimum atomic E-state index is 0.926. The van der Waals surface area contributed by atoms with Crippen molar-refractivity contribution in [2.24, 2.45) is 35.5 Å². The predicted molar refractivity (Wildman–Crippen MR) is 101 cm³/mol. The molecule has 3 heteroatoms. The number of hydrogen-bond donors (Lipinski definition) is 1. The Labute approximate surface area is 153 Å². The molecule has 138 valence electrons. The summed E-state index contributed by atoms with van der Waals surface area (Å²) in [7, 11) is 0. The maximum atomic E-state index is 3.62. The van der Waals surface area contributed by atoms with Gasteiger partial charge in [-0.1, -0.05) is 6.08 Å². The molecule has 3 aliphatic heterocycles. The van der Waals surface area contributed by atoms with Crippen molar-refractivity contribution in [3.8, 4) is 0 Å². The second-order valence-electron chi connectivity index (χ2n) is 10.3. The summed E-state index contributed by atoms with van der Waals surface area (Å²) in [6, 6.07) is 0.926. The molecule has 25 heavy (non-hydrogen) atoms. The van der Waals surface area contributed by atoms with Crippen LogP contribution in [0.4, 0.5) is 0 Å². The molecule has 6 rings (SSSR count). The van der Waals surface area contributed by atoms with Gasteiger partial charge in [0.2, 0.25) is 0 Å². The quantitative estimate of drug-likeness (QED) is 0.833. The Balaban J connectivity index is 1.09. The molecule has 7 unspecified atom stereocenters. The molecule has 7 atom stereocenters. The second kappa shape index (κ2) is 5.99. The van der Waals surface area contributed by atoms with Gasteiger partial charge in [0, 0.05) is 37.9 Å². The number of nitrogens with zero attached hydrogens (tertiary/aromatic N) is 2. The third-order valence-corrected chi connectivity index (χ3v) is 9.06. The number of likely N-dealkylation sites (tertiary alicyclic amines) is 2. The average Bonchev–Trinajstić information content (AvgIpc) is 3.31. The number of nitrogens with one attached hydrogen (secondary N) is 1. The molecule has 0 aromatic rings. The minimum absolute atomic E-state index is 0.926. The first kappa shape index (κ1) is 15.5. The third-order valence-electron chi connectivity index (χ3n) is 9.06. The molecule has 6 aliphatic rings. The zero-order chi connectivity index (χ0) is 16.4. The van der Waals surface area contributed by atoms with Crippen LogP contribution < -0.4 is 5.32 Å². The summed E-state index contributed by atoms with van der Waals surface area (Å²) < 4.78 is 0. The highest BCUT2D eigenvalue weighted by Gasteiger charge is 2.45. The topological polar surface area (TPSA) is 18.5 Å². The van der Waals surface area contributed by atoms with E-state index in [2.05, 4.69) is 21.2 Å². The van der Waals surface area contributed by atoms with E-state index in [4.69, 9.17) is 0 Å². The fourth-order valence-electron chi connectivity index (χ4n) is 7.27. The maximum Gasteiger partial charge on any atom is 0.0207 e. The summed E-state index contributed by atoms with van der Waals surface area (Å²) in [6.07, 6.45) is 12.8. The Morgan fingerprint density at radius 1 is 0.760 bits per heavy atom. The van der Waals surface area contributed by atoms with Gasteiger partial charge >= 0.3 is 0 Å². The van der Waals surface area contributed by atoms with Crippen molar-refractivity contribution < 1.29 is 0 Å². The molecule has 3 heterocycles. The predicted octanol–water partition coefficient (Wildman–Crippen LogP) is 2.94. The highest BCUT2D eigenvalue weighted by Crippen LogP contribution is 2.46. The fourth-order valence-corrected chi connectivity index (χ4v) is 7.27. The lowest BCUT2D eigenvalue weighted by molar-refractivity contribution is 0.135. The summed E-state index contributed by atoms with van der Waals surface area (Å²) in [5, 5.41) is 3.62. The first-order valence-corrected chi connectivity index (χ1v) is 11.2.